The zero-order chi connectivity index (χ0) is 56.7. The van der Waals surface area contributed by atoms with Crippen LogP contribution < -0.4 is 20.4 Å². The molecule has 0 amide bonds. The predicted molar refractivity (Wildman–Crippen MR) is 247 cm³/mol. The van der Waals surface area contributed by atoms with Crippen molar-refractivity contribution in [3.63, 3.8) is 0 Å². The normalized spacial score (nSPS) is 13.2. The van der Waals surface area contributed by atoms with Gasteiger partial charge in [-0.1, -0.05) is 27.7 Å². The molecule has 0 N–H and O–H groups in total. The van der Waals surface area contributed by atoms with Crippen LogP contribution in [0.1, 0.15) is 136 Å². The van der Waals surface area contributed by atoms with Crippen molar-refractivity contribution in [3.8, 4) is 0 Å². The van der Waals surface area contributed by atoms with Crippen LogP contribution in [0.15, 0.2) is 0 Å². The minimum Gasteiger partial charge on any atom is -0.547 e. The molecule has 0 aliphatic carbocycles. The molecule has 0 aliphatic rings. The Hall–Kier alpha value is -3.21. The molecule has 24 nitrogen and oxygen atoms in total. The number of carboxylic acid groups (broad SMARTS) is 4. The van der Waals surface area contributed by atoms with E-state index in [1.807, 2.05) is 0 Å². The quantitative estimate of drug-likeness (QED) is 0.0426. The van der Waals surface area contributed by atoms with E-state index in [-0.39, 0.29) is 127 Å². The summed E-state index contributed by atoms with van der Waals surface area (Å²) in [6.07, 6.45) is -5.90. The Morgan fingerprint density at radius 1 is 0.274 bits per heavy atom. The molecule has 0 aromatic carbocycles. The Morgan fingerprint density at radius 2 is 0.397 bits per heavy atom. The monoisotopic (exact) mass is 1090 g/mol. The molecule has 0 rings (SSSR count). The van der Waals surface area contributed by atoms with Crippen LogP contribution in [0.3, 0.4) is 0 Å². The van der Waals surface area contributed by atoms with E-state index in [4.69, 9.17) is 56.8 Å². The fourth-order valence-electron chi connectivity index (χ4n) is 6.58. The van der Waals surface area contributed by atoms with E-state index in [0.717, 1.165) is 0 Å². The second-order valence-corrected chi connectivity index (χ2v) is 14.0. The van der Waals surface area contributed by atoms with Gasteiger partial charge in [0.25, 0.3) is 0 Å². The number of carboxylic acids is 4. The first-order chi connectivity index (χ1) is 33.9. The summed E-state index contributed by atoms with van der Waals surface area (Å²) in [6, 6.07) is 0. The van der Waals surface area contributed by atoms with Gasteiger partial charge in [-0.05, 0) is 83.1 Å². The van der Waals surface area contributed by atoms with Gasteiger partial charge < -0.3 is 96.4 Å². The Morgan fingerprint density at radius 3 is 0.466 bits per heavy atom. The second-order valence-electron chi connectivity index (χ2n) is 14.0. The third-order valence-corrected chi connectivity index (χ3v) is 9.53. The summed E-state index contributed by atoms with van der Waals surface area (Å²) in [4.78, 5) is 92.6. The summed E-state index contributed by atoms with van der Waals surface area (Å²) in [5, 5.41) is 43.7. The Kier molecular flexibility index (Phi) is 47.4. The molecule has 0 saturated carbocycles. The van der Waals surface area contributed by atoms with Gasteiger partial charge in [-0.15, -0.1) is 0 Å². The van der Waals surface area contributed by atoms with Crippen molar-refractivity contribution in [3.05, 3.63) is 0 Å². The van der Waals surface area contributed by atoms with Gasteiger partial charge in [0.15, 0.2) is 24.4 Å². The van der Waals surface area contributed by atoms with Gasteiger partial charge in [0.05, 0.1) is 23.9 Å². The third kappa shape index (κ3) is 25.9. The van der Waals surface area contributed by atoms with Crippen molar-refractivity contribution in [1.82, 2.24) is 0 Å². The molecular formula is C48H84O24Ti. The van der Waals surface area contributed by atoms with E-state index >= 15 is 0 Å². The van der Waals surface area contributed by atoms with Crippen LogP contribution in [-0.4, -0.2) is 174 Å². The maximum Gasteiger partial charge on any atom is 4.00 e. The zero-order valence-electron chi connectivity index (χ0n) is 45.9. The summed E-state index contributed by atoms with van der Waals surface area (Å²) in [5.74, 6) is -15.7. The molecule has 0 radical (unpaired) electrons. The Bertz CT molecular complexity index is 1310. The molecule has 0 aromatic heterocycles. The summed E-state index contributed by atoms with van der Waals surface area (Å²) in [5.41, 5.74) is 0. The molecule has 0 heterocycles. The van der Waals surface area contributed by atoms with Gasteiger partial charge in [0, 0.05) is 105 Å². The summed E-state index contributed by atoms with van der Waals surface area (Å²) < 4.78 is 62.1. The molecule has 25 heteroatoms. The molecule has 0 spiro atoms. The summed E-state index contributed by atoms with van der Waals surface area (Å²) >= 11 is 0. The number of aliphatic carboxylic acids is 4. The minimum absolute atomic E-state index is 0. The number of ketones is 4. The maximum atomic E-state index is 12.2. The molecule has 0 saturated heterocycles. The standard InChI is InChI=1S/4C12H22O6.Ti/c4*1-5-12(17-7-3,18-8-4)10(13)9(11(14)15)16-6-2;/h4*9H,5-8H2,1-4H3,(H,14,15);/q;;;;+4/p-4. The number of hydrogen-bond donors (Lipinski definition) is 0. The van der Waals surface area contributed by atoms with Crippen LogP contribution in [0.25, 0.3) is 0 Å². The van der Waals surface area contributed by atoms with E-state index in [2.05, 4.69) is 0 Å². The molecule has 4 atom stereocenters. The summed E-state index contributed by atoms with van der Waals surface area (Å²) in [7, 11) is 0. The van der Waals surface area contributed by atoms with Crippen LogP contribution >= 0.6 is 0 Å². The average molecular weight is 1090 g/mol. The largest absolute Gasteiger partial charge is 4.00 e. The van der Waals surface area contributed by atoms with Crippen LogP contribution in [0, 0.1) is 0 Å². The molecule has 0 bridgehead atoms. The fourth-order valence-corrected chi connectivity index (χ4v) is 6.58. The molecule has 0 fully saturated rings. The number of rotatable bonds is 40. The first kappa shape index (κ1) is 78.7. The average Bonchev–Trinajstić information content (AvgIpc) is 3.34. The maximum absolute atomic E-state index is 12.2. The molecule has 424 valence electrons. The number of ether oxygens (including phenoxy) is 12. The van der Waals surface area contributed by atoms with Crippen molar-refractivity contribution >= 4 is 47.0 Å². The smallest absolute Gasteiger partial charge is 0.547 e. The van der Waals surface area contributed by atoms with Gasteiger partial charge in [-0.3, -0.25) is 19.2 Å². The molecule has 0 aliphatic heterocycles. The van der Waals surface area contributed by atoms with Crippen molar-refractivity contribution in [1.29, 1.82) is 0 Å². The predicted octanol–water partition coefficient (Wildman–Crippen LogP) is -0.443. The molecular weight excluding hydrogens is 1010 g/mol. The van der Waals surface area contributed by atoms with Crippen LogP contribution in [0.5, 0.6) is 0 Å². The van der Waals surface area contributed by atoms with Gasteiger partial charge in [0.1, 0.15) is 0 Å². The number of Topliss-reactive ketones (excluding diaryl/α,β-unsaturated/α-hetero) is 4. The second kappa shape index (κ2) is 44.0. The van der Waals surface area contributed by atoms with Crippen molar-refractivity contribution < 1.29 is 137 Å². The summed E-state index contributed by atoms with van der Waals surface area (Å²) in [6.45, 7) is 28.9. The van der Waals surface area contributed by atoms with E-state index in [1.54, 1.807) is 111 Å². The van der Waals surface area contributed by atoms with Crippen molar-refractivity contribution in [2.75, 3.05) is 79.3 Å². The van der Waals surface area contributed by atoms with E-state index in [0.29, 0.717) is 0 Å². The van der Waals surface area contributed by atoms with E-state index in [9.17, 15) is 58.8 Å². The topological polar surface area (TPSA) is 340 Å². The van der Waals surface area contributed by atoms with E-state index < -0.39 is 94.6 Å². The Balaban J connectivity index is -0.000000280. The number of carbonyl (C=O) groups excluding carboxylic acids is 8. The van der Waals surface area contributed by atoms with Gasteiger partial charge >= 0.3 is 21.7 Å². The van der Waals surface area contributed by atoms with Gasteiger partial charge in [-0.25, -0.2) is 0 Å². The first-order valence-electron chi connectivity index (χ1n) is 24.5. The molecule has 73 heavy (non-hydrogen) atoms. The molecule has 0 aromatic rings. The number of hydrogen-bond acceptors (Lipinski definition) is 24. The first-order valence-corrected chi connectivity index (χ1v) is 24.5. The van der Waals surface area contributed by atoms with Crippen LogP contribution in [0.2, 0.25) is 0 Å². The van der Waals surface area contributed by atoms with Gasteiger partial charge in [0.2, 0.25) is 46.3 Å². The third-order valence-electron chi connectivity index (χ3n) is 9.53. The Labute approximate surface area is 446 Å². The number of carbonyl (C=O) groups is 8. The zero-order valence-corrected chi connectivity index (χ0v) is 47.5. The van der Waals surface area contributed by atoms with Gasteiger partial charge in [-0.2, -0.15) is 0 Å². The van der Waals surface area contributed by atoms with E-state index in [1.165, 1.54) is 0 Å². The molecule has 4 unspecified atom stereocenters. The minimum atomic E-state index is -1.67. The van der Waals surface area contributed by atoms with Crippen LogP contribution in [0.4, 0.5) is 0 Å². The van der Waals surface area contributed by atoms with Crippen molar-refractivity contribution in [2.45, 2.75) is 184 Å². The van der Waals surface area contributed by atoms with Crippen molar-refractivity contribution in [2.24, 2.45) is 0 Å². The van der Waals surface area contributed by atoms with Crippen LogP contribution in [-0.2, 0) is 117 Å². The SMILES string of the molecule is CCOC(C(=O)[O-])C(=O)C(CC)(OCC)OCC.CCOC(C(=O)[O-])C(=O)C(CC)(OCC)OCC.CCOC(C(=O)[O-])C(=O)C(CC)(OCC)OCC.CCOC(C(=O)[O-])C(=O)C(CC)(OCC)OCC.[Ti+4]. The fraction of sp³-hybridized carbons (Fsp3) is 0.833.